The van der Waals surface area contributed by atoms with Crippen LogP contribution in [0.1, 0.15) is 26.7 Å². The van der Waals surface area contributed by atoms with Gasteiger partial charge < -0.3 is 15.4 Å². The second-order valence-electron chi connectivity index (χ2n) is 5.01. The van der Waals surface area contributed by atoms with E-state index in [1.54, 1.807) is 4.90 Å². The van der Waals surface area contributed by atoms with Crippen molar-refractivity contribution in [3.05, 3.63) is 0 Å². The average molecular weight is 242 g/mol. The molecule has 1 aliphatic rings. The monoisotopic (exact) mass is 242 g/mol. The van der Waals surface area contributed by atoms with Gasteiger partial charge in [0.1, 0.15) is 0 Å². The zero-order chi connectivity index (χ0) is 13.0. The van der Waals surface area contributed by atoms with E-state index in [2.05, 4.69) is 4.74 Å². The van der Waals surface area contributed by atoms with E-state index in [0.717, 1.165) is 6.42 Å². The van der Waals surface area contributed by atoms with Gasteiger partial charge in [-0.15, -0.1) is 0 Å². The molecule has 1 fully saturated rings. The van der Waals surface area contributed by atoms with Crippen molar-refractivity contribution < 1.29 is 14.3 Å². The van der Waals surface area contributed by atoms with E-state index in [4.69, 9.17) is 5.73 Å². The number of hydrogen-bond donors (Lipinski definition) is 1. The molecule has 1 amide bonds. The van der Waals surface area contributed by atoms with E-state index in [-0.39, 0.29) is 30.3 Å². The van der Waals surface area contributed by atoms with Crippen molar-refractivity contribution in [1.82, 2.24) is 4.90 Å². The molecular formula is C12H22N2O3. The number of carbonyl (C=O) groups excluding carboxylic acids is 2. The summed E-state index contributed by atoms with van der Waals surface area (Å²) in [7, 11) is 1.35. The van der Waals surface area contributed by atoms with Crippen LogP contribution >= 0.6 is 0 Å². The quantitative estimate of drug-likeness (QED) is 0.683. The highest BCUT2D eigenvalue weighted by atomic mass is 16.5. The van der Waals surface area contributed by atoms with Gasteiger partial charge in [0.2, 0.25) is 5.91 Å². The van der Waals surface area contributed by atoms with Gasteiger partial charge >= 0.3 is 5.97 Å². The maximum atomic E-state index is 12.0. The molecule has 2 N–H and O–H groups in total. The number of hydrogen-bond acceptors (Lipinski definition) is 4. The topological polar surface area (TPSA) is 72.6 Å². The Morgan fingerprint density at radius 1 is 1.47 bits per heavy atom. The van der Waals surface area contributed by atoms with E-state index in [1.807, 2.05) is 13.8 Å². The number of methoxy groups -OCH3 is 1. The van der Waals surface area contributed by atoms with E-state index < -0.39 is 0 Å². The van der Waals surface area contributed by atoms with Crippen LogP contribution in [-0.2, 0) is 14.3 Å². The molecule has 1 aliphatic carbocycles. The van der Waals surface area contributed by atoms with Crippen molar-refractivity contribution in [2.75, 3.05) is 20.2 Å². The molecular weight excluding hydrogens is 220 g/mol. The van der Waals surface area contributed by atoms with Crippen LogP contribution in [-0.4, -0.2) is 43.0 Å². The number of ether oxygens (including phenoxy) is 1. The summed E-state index contributed by atoms with van der Waals surface area (Å²) in [5.41, 5.74) is 5.68. The summed E-state index contributed by atoms with van der Waals surface area (Å²) >= 11 is 0. The number of nitrogens with zero attached hydrogens (tertiary/aromatic N) is 1. The van der Waals surface area contributed by atoms with Crippen molar-refractivity contribution in [2.24, 2.45) is 17.6 Å². The first kappa shape index (κ1) is 14.0. The Balaban J connectivity index is 2.48. The lowest BCUT2D eigenvalue weighted by atomic mass is 10.2. The van der Waals surface area contributed by atoms with Gasteiger partial charge in [-0.05, 0) is 12.3 Å². The van der Waals surface area contributed by atoms with E-state index in [9.17, 15) is 9.59 Å². The molecule has 2 atom stereocenters. The molecule has 0 aliphatic heterocycles. The van der Waals surface area contributed by atoms with Gasteiger partial charge in [-0.2, -0.15) is 0 Å². The Morgan fingerprint density at radius 3 is 2.47 bits per heavy atom. The lowest BCUT2D eigenvalue weighted by molar-refractivity contribution is -0.142. The fourth-order valence-corrected chi connectivity index (χ4v) is 1.79. The third-order valence-corrected chi connectivity index (χ3v) is 2.87. The predicted octanol–water partition coefficient (Wildman–Crippen LogP) is 0.381. The molecule has 0 aromatic heterocycles. The maximum Gasteiger partial charge on any atom is 0.307 e. The summed E-state index contributed by atoms with van der Waals surface area (Å²) in [5, 5.41) is 0. The number of nitrogens with two attached hydrogens (primary N) is 1. The molecule has 0 aromatic carbocycles. The summed E-state index contributed by atoms with van der Waals surface area (Å²) in [6.45, 7) is 5.18. The van der Waals surface area contributed by atoms with Gasteiger partial charge in [0.25, 0.3) is 0 Å². The van der Waals surface area contributed by atoms with Crippen molar-refractivity contribution >= 4 is 11.9 Å². The Bertz CT molecular complexity index is 291. The van der Waals surface area contributed by atoms with Gasteiger partial charge in [-0.3, -0.25) is 9.59 Å². The summed E-state index contributed by atoms with van der Waals surface area (Å²) in [4.78, 5) is 24.9. The molecule has 5 heteroatoms. The number of carbonyl (C=O) groups is 2. The van der Waals surface area contributed by atoms with Crippen LogP contribution in [0.25, 0.3) is 0 Å². The molecule has 2 unspecified atom stereocenters. The van der Waals surface area contributed by atoms with Crippen molar-refractivity contribution in [3.63, 3.8) is 0 Å². The Morgan fingerprint density at radius 2 is 2.06 bits per heavy atom. The van der Waals surface area contributed by atoms with Crippen LogP contribution in [0.4, 0.5) is 0 Å². The molecule has 0 saturated heterocycles. The highest BCUT2D eigenvalue weighted by Gasteiger charge is 2.42. The lowest BCUT2D eigenvalue weighted by Crippen LogP contribution is -2.38. The van der Waals surface area contributed by atoms with Crippen molar-refractivity contribution in [3.8, 4) is 0 Å². The third kappa shape index (κ3) is 4.34. The van der Waals surface area contributed by atoms with Gasteiger partial charge in [0, 0.05) is 19.1 Å². The lowest BCUT2D eigenvalue weighted by Gasteiger charge is -2.24. The van der Waals surface area contributed by atoms with Crippen LogP contribution < -0.4 is 5.73 Å². The average Bonchev–Trinajstić information content (AvgIpc) is 2.99. The predicted molar refractivity (Wildman–Crippen MR) is 64.1 cm³/mol. The zero-order valence-corrected chi connectivity index (χ0v) is 10.8. The fraction of sp³-hybridized carbons (Fsp3) is 0.833. The molecule has 98 valence electrons. The Kier molecular flexibility index (Phi) is 4.93. The molecule has 0 heterocycles. The minimum atomic E-state index is -0.286. The molecule has 0 aromatic rings. The normalized spacial score (nSPS) is 22.4. The fourth-order valence-electron chi connectivity index (χ4n) is 1.79. The van der Waals surface area contributed by atoms with Crippen LogP contribution in [0.15, 0.2) is 0 Å². The highest BCUT2D eigenvalue weighted by molar-refractivity contribution is 5.83. The Labute approximate surface area is 102 Å². The molecule has 0 bridgehead atoms. The number of rotatable bonds is 6. The summed E-state index contributed by atoms with van der Waals surface area (Å²) in [5.74, 6) is 0.139. The van der Waals surface area contributed by atoms with Crippen molar-refractivity contribution in [2.45, 2.75) is 32.7 Å². The van der Waals surface area contributed by atoms with Gasteiger partial charge in [-0.25, -0.2) is 0 Å². The van der Waals surface area contributed by atoms with Crippen LogP contribution in [0, 0.1) is 11.8 Å². The molecule has 1 rings (SSSR count). The standard InChI is InChI=1S/C12H22N2O3/c1-8(2)7-14(5-4-11(15)17-3)12(16)9-6-10(9)13/h8-10H,4-7,13H2,1-3H3. The molecule has 5 nitrogen and oxygen atoms in total. The largest absolute Gasteiger partial charge is 0.469 e. The molecule has 17 heavy (non-hydrogen) atoms. The second kappa shape index (κ2) is 6.00. The second-order valence-corrected chi connectivity index (χ2v) is 5.01. The smallest absolute Gasteiger partial charge is 0.307 e. The molecule has 1 saturated carbocycles. The van der Waals surface area contributed by atoms with Crippen LogP contribution in [0.2, 0.25) is 0 Å². The Hall–Kier alpha value is -1.10. The molecule has 0 radical (unpaired) electrons. The first-order valence-electron chi connectivity index (χ1n) is 6.07. The minimum absolute atomic E-state index is 0.00953. The van der Waals surface area contributed by atoms with E-state index in [0.29, 0.717) is 19.0 Å². The van der Waals surface area contributed by atoms with Gasteiger partial charge in [-0.1, -0.05) is 13.8 Å². The van der Waals surface area contributed by atoms with Crippen molar-refractivity contribution in [1.29, 1.82) is 0 Å². The van der Waals surface area contributed by atoms with Crippen LogP contribution in [0.5, 0.6) is 0 Å². The zero-order valence-electron chi connectivity index (χ0n) is 10.8. The minimum Gasteiger partial charge on any atom is -0.469 e. The highest BCUT2D eigenvalue weighted by Crippen LogP contribution is 2.30. The summed E-state index contributed by atoms with van der Waals surface area (Å²) in [6.07, 6.45) is 1.02. The number of esters is 1. The maximum absolute atomic E-state index is 12.0. The van der Waals surface area contributed by atoms with Crippen LogP contribution in [0.3, 0.4) is 0 Å². The first-order valence-corrected chi connectivity index (χ1v) is 6.07. The summed E-state index contributed by atoms with van der Waals surface area (Å²) in [6, 6.07) is 0.00953. The first-order chi connectivity index (χ1) is 7.95. The molecule has 0 spiro atoms. The van der Waals surface area contributed by atoms with E-state index >= 15 is 0 Å². The number of amides is 1. The summed E-state index contributed by atoms with van der Waals surface area (Å²) < 4.78 is 4.58. The SMILES string of the molecule is COC(=O)CCN(CC(C)C)C(=O)C1CC1N. The third-order valence-electron chi connectivity index (χ3n) is 2.87. The van der Waals surface area contributed by atoms with E-state index in [1.165, 1.54) is 7.11 Å². The van der Waals surface area contributed by atoms with Gasteiger partial charge in [0.15, 0.2) is 0 Å². The van der Waals surface area contributed by atoms with Gasteiger partial charge in [0.05, 0.1) is 19.4 Å².